The Kier molecular flexibility index (Phi) is 4.65. The number of ether oxygens (including phenoxy) is 2. The maximum absolute atomic E-state index is 13.2. The number of fused-ring (bicyclic) bond motifs is 1. The molecule has 1 aromatic rings. The minimum Gasteiger partial charge on any atom is -0.380 e. The topological polar surface area (TPSA) is 56.6 Å². The number of hydrogen-bond acceptors (Lipinski definition) is 4. The van der Waals surface area contributed by atoms with Gasteiger partial charge < -0.3 is 14.4 Å². The first-order valence-corrected chi connectivity index (χ1v) is 9.43. The second-order valence-corrected chi connectivity index (χ2v) is 7.25. The van der Waals surface area contributed by atoms with Crippen LogP contribution in [-0.2, 0) is 16.0 Å². The molecule has 2 atom stereocenters. The number of piperidine rings is 1. The molecule has 4 heterocycles. The van der Waals surface area contributed by atoms with E-state index >= 15 is 0 Å². The standard InChI is InChI=1S/C19H27N3O3/c1-2-21-13-15(12-20-21)18(23)22-8-3-7-19(14-25-11-6-17(19)22)16-4-9-24-10-5-16/h4,12-13,17H,2-3,5-11,14H2,1H3/t17-,19-/m0/s1. The lowest BCUT2D eigenvalue weighted by atomic mass is 9.65. The lowest BCUT2D eigenvalue weighted by molar-refractivity contribution is -0.0739. The summed E-state index contributed by atoms with van der Waals surface area (Å²) in [6.45, 7) is 6.55. The molecule has 0 bridgehead atoms. The second-order valence-electron chi connectivity index (χ2n) is 7.25. The van der Waals surface area contributed by atoms with Crippen LogP contribution >= 0.6 is 0 Å². The predicted molar refractivity (Wildman–Crippen MR) is 93.3 cm³/mol. The molecule has 4 rings (SSSR count). The van der Waals surface area contributed by atoms with E-state index in [-0.39, 0.29) is 17.4 Å². The van der Waals surface area contributed by atoms with Gasteiger partial charge in [-0.1, -0.05) is 11.6 Å². The largest absolute Gasteiger partial charge is 0.380 e. The van der Waals surface area contributed by atoms with E-state index in [4.69, 9.17) is 9.47 Å². The van der Waals surface area contributed by atoms with Crippen molar-refractivity contribution in [1.82, 2.24) is 14.7 Å². The summed E-state index contributed by atoms with van der Waals surface area (Å²) < 4.78 is 13.2. The maximum atomic E-state index is 13.2. The zero-order chi connectivity index (χ0) is 17.3. The average Bonchev–Trinajstić information content (AvgIpc) is 3.17. The molecule has 6 nitrogen and oxygen atoms in total. The third-order valence-corrected chi connectivity index (χ3v) is 6.00. The Morgan fingerprint density at radius 2 is 2.32 bits per heavy atom. The summed E-state index contributed by atoms with van der Waals surface area (Å²) in [5.41, 5.74) is 2.10. The van der Waals surface area contributed by atoms with E-state index in [0.29, 0.717) is 12.2 Å². The summed E-state index contributed by atoms with van der Waals surface area (Å²) in [5.74, 6) is 0.114. The number of nitrogens with zero attached hydrogens (tertiary/aromatic N) is 3. The lowest BCUT2D eigenvalue weighted by Crippen LogP contribution is -2.59. The van der Waals surface area contributed by atoms with Crippen molar-refractivity contribution in [2.45, 2.75) is 45.2 Å². The van der Waals surface area contributed by atoms with Crippen LogP contribution < -0.4 is 0 Å². The van der Waals surface area contributed by atoms with Crippen molar-refractivity contribution >= 4 is 5.91 Å². The summed E-state index contributed by atoms with van der Waals surface area (Å²) in [6, 6.07) is 0.219. The minimum absolute atomic E-state index is 0.0311. The van der Waals surface area contributed by atoms with E-state index in [9.17, 15) is 4.79 Å². The molecule has 25 heavy (non-hydrogen) atoms. The molecule has 0 aromatic carbocycles. The molecule has 0 radical (unpaired) electrons. The van der Waals surface area contributed by atoms with E-state index in [1.165, 1.54) is 5.57 Å². The summed E-state index contributed by atoms with van der Waals surface area (Å²) in [7, 11) is 0. The van der Waals surface area contributed by atoms with Gasteiger partial charge in [-0.2, -0.15) is 5.10 Å². The molecule has 6 heteroatoms. The van der Waals surface area contributed by atoms with Gasteiger partial charge in [-0.25, -0.2) is 0 Å². The highest BCUT2D eigenvalue weighted by atomic mass is 16.5. The van der Waals surface area contributed by atoms with Crippen molar-refractivity contribution in [2.75, 3.05) is 33.0 Å². The molecular formula is C19H27N3O3. The van der Waals surface area contributed by atoms with E-state index in [2.05, 4.69) is 16.1 Å². The van der Waals surface area contributed by atoms with Crippen LogP contribution in [0.1, 0.15) is 43.0 Å². The van der Waals surface area contributed by atoms with Gasteiger partial charge >= 0.3 is 0 Å². The van der Waals surface area contributed by atoms with E-state index in [1.54, 1.807) is 6.20 Å². The minimum atomic E-state index is -0.0311. The molecule has 0 N–H and O–H groups in total. The highest BCUT2D eigenvalue weighted by Gasteiger charge is 2.50. The predicted octanol–water partition coefficient (Wildman–Crippen LogP) is 2.26. The molecular weight excluding hydrogens is 318 g/mol. The Morgan fingerprint density at radius 1 is 1.40 bits per heavy atom. The lowest BCUT2D eigenvalue weighted by Gasteiger charge is -2.54. The Morgan fingerprint density at radius 3 is 3.08 bits per heavy atom. The number of rotatable bonds is 3. The van der Waals surface area contributed by atoms with Gasteiger partial charge in [0.05, 0.1) is 31.6 Å². The number of aromatic nitrogens is 2. The van der Waals surface area contributed by atoms with Crippen LogP contribution in [0.2, 0.25) is 0 Å². The Balaban J connectivity index is 1.64. The highest BCUT2D eigenvalue weighted by Crippen LogP contribution is 2.48. The maximum Gasteiger partial charge on any atom is 0.257 e. The average molecular weight is 345 g/mol. The molecule has 136 valence electrons. The normalized spacial score (nSPS) is 29.9. The summed E-state index contributed by atoms with van der Waals surface area (Å²) >= 11 is 0. The van der Waals surface area contributed by atoms with Gasteiger partial charge in [-0.3, -0.25) is 9.48 Å². The fraction of sp³-hybridized carbons (Fsp3) is 0.684. The van der Waals surface area contributed by atoms with Crippen LogP contribution in [0.4, 0.5) is 0 Å². The molecule has 1 aromatic heterocycles. The van der Waals surface area contributed by atoms with Crippen LogP contribution in [0.25, 0.3) is 0 Å². The third kappa shape index (κ3) is 2.91. The summed E-state index contributed by atoms with van der Waals surface area (Å²) in [4.78, 5) is 15.3. The van der Waals surface area contributed by atoms with Crippen molar-refractivity contribution in [3.63, 3.8) is 0 Å². The molecule has 2 saturated heterocycles. The van der Waals surface area contributed by atoms with Gasteiger partial charge in [0, 0.05) is 37.4 Å². The number of amides is 1. The fourth-order valence-corrected chi connectivity index (χ4v) is 4.74. The van der Waals surface area contributed by atoms with Crippen molar-refractivity contribution in [3.05, 3.63) is 29.6 Å². The number of likely N-dealkylation sites (tertiary alicyclic amines) is 1. The van der Waals surface area contributed by atoms with E-state index in [1.807, 2.05) is 17.8 Å². The number of carbonyl (C=O) groups excluding carboxylic acids is 1. The Labute approximate surface area is 148 Å². The van der Waals surface area contributed by atoms with Crippen molar-refractivity contribution in [2.24, 2.45) is 5.41 Å². The highest BCUT2D eigenvalue weighted by molar-refractivity contribution is 5.94. The fourth-order valence-electron chi connectivity index (χ4n) is 4.74. The van der Waals surface area contributed by atoms with Crippen LogP contribution in [0.5, 0.6) is 0 Å². The molecule has 0 saturated carbocycles. The summed E-state index contributed by atoms with van der Waals surface area (Å²) in [5, 5.41) is 4.28. The SMILES string of the molecule is CCn1cc(C(=O)N2CCC[C@@]3(C4=CCOCC4)COCC[C@H]23)cn1. The molecule has 0 unspecified atom stereocenters. The molecule has 0 spiro atoms. The van der Waals surface area contributed by atoms with Crippen LogP contribution in [0.3, 0.4) is 0 Å². The van der Waals surface area contributed by atoms with E-state index in [0.717, 1.165) is 58.6 Å². The zero-order valence-electron chi connectivity index (χ0n) is 14.9. The van der Waals surface area contributed by atoms with Gasteiger partial charge in [0.1, 0.15) is 0 Å². The number of hydrogen-bond donors (Lipinski definition) is 0. The van der Waals surface area contributed by atoms with Gasteiger partial charge in [-0.05, 0) is 32.6 Å². The Hall–Kier alpha value is -1.66. The van der Waals surface area contributed by atoms with Gasteiger partial charge in [0.15, 0.2) is 0 Å². The molecule has 2 fully saturated rings. The molecule has 0 aliphatic carbocycles. The Bertz CT molecular complexity index is 665. The van der Waals surface area contributed by atoms with Crippen LogP contribution in [0.15, 0.2) is 24.0 Å². The molecule has 3 aliphatic heterocycles. The summed E-state index contributed by atoms with van der Waals surface area (Å²) in [6.07, 6.45) is 9.78. The van der Waals surface area contributed by atoms with Crippen molar-refractivity contribution < 1.29 is 14.3 Å². The van der Waals surface area contributed by atoms with Crippen molar-refractivity contribution in [1.29, 1.82) is 0 Å². The van der Waals surface area contributed by atoms with Gasteiger partial charge in [-0.15, -0.1) is 0 Å². The zero-order valence-corrected chi connectivity index (χ0v) is 14.9. The first-order chi connectivity index (χ1) is 12.2. The van der Waals surface area contributed by atoms with Crippen molar-refractivity contribution in [3.8, 4) is 0 Å². The van der Waals surface area contributed by atoms with Crippen LogP contribution in [0, 0.1) is 5.41 Å². The second kappa shape index (κ2) is 6.92. The molecule has 3 aliphatic rings. The van der Waals surface area contributed by atoms with Crippen LogP contribution in [-0.4, -0.2) is 59.6 Å². The first-order valence-electron chi connectivity index (χ1n) is 9.43. The van der Waals surface area contributed by atoms with E-state index < -0.39 is 0 Å². The number of carbonyl (C=O) groups is 1. The monoisotopic (exact) mass is 345 g/mol. The third-order valence-electron chi connectivity index (χ3n) is 6.00. The first kappa shape index (κ1) is 16.8. The van der Waals surface area contributed by atoms with Gasteiger partial charge in [0.25, 0.3) is 5.91 Å². The quantitative estimate of drug-likeness (QED) is 0.789. The smallest absolute Gasteiger partial charge is 0.257 e. The molecule has 1 amide bonds. The van der Waals surface area contributed by atoms with Gasteiger partial charge in [0.2, 0.25) is 0 Å². The number of aryl methyl sites for hydroxylation is 1.